The number of rotatable bonds is 4. The highest BCUT2D eigenvalue weighted by Crippen LogP contribution is 2.24. The molecule has 0 saturated carbocycles. The molecular weight excluding hydrogens is 438 g/mol. The van der Waals surface area contributed by atoms with Crippen molar-refractivity contribution in [3.8, 4) is 5.75 Å². The van der Waals surface area contributed by atoms with E-state index in [9.17, 15) is 4.79 Å². The van der Waals surface area contributed by atoms with Gasteiger partial charge in [0.1, 0.15) is 5.75 Å². The van der Waals surface area contributed by atoms with Gasteiger partial charge in [-0.3, -0.25) is 15.6 Å². The maximum absolute atomic E-state index is 12.0. The molecule has 3 rings (SSSR count). The summed E-state index contributed by atoms with van der Waals surface area (Å²) in [5.74, 6) is 0.294. The number of halogens is 1. The van der Waals surface area contributed by atoms with Crippen LogP contribution in [0.25, 0.3) is 10.8 Å². The second-order valence-corrected chi connectivity index (χ2v) is 7.71. The summed E-state index contributed by atoms with van der Waals surface area (Å²) in [5.41, 5.74) is 8.29. The number of hydrogen-bond donors (Lipinski definition) is 3. The fraction of sp³-hybridized carbons (Fsp3) is 0.143. The van der Waals surface area contributed by atoms with Crippen LogP contribution in [-0.4, -0.2) is 17.6 Å². The van der Waals surface area contributed by atoms with Crippen LogP contribution in [0, 0.1) is 13.8 Å². The summed E-state index contributed by atoms with van der Waals surface area (Å²) < 4.78 is 6.58. The predicted molar refractivity (Wildman–Crippen MR) is 121 cm³/mol. The third-order valence-electron chi connectivity index (χ3n) is 4.10. The van der Waals surface area contributed by atoms with Crippen molar-refractivity contribution in [1.29, 1.82) is 0 Å². The average Bonchev–Trinajstić information content (AvgIpc) is 2.67. The molecule has 0 bridgehead atoms. The van der Waals surface area contributed by atoms with Gasteiger partial charge in [0.15, 0.2) is 11.7 Å². The molecule has 0 unspecified atom stereocenters. The predicted octanol–water partition coefficient (Wildman–Crippen LogP) is 4.62. The zero-order valence-electron chi connectivity index (χ0n) is 15.5. The van der Waals surface area contributed by atoms with Crippen LogP contribution in [0.3, 0.4) is 0 Å². The van der Waals surface area contributed by atoms with Gasteiger partial charge in [-0.1, -0.05) is 40.2 Å². The molecule has 3 aromatic rings. The van der Waals surface area contributed by atoms with Crippen LogP contribution in [0.15, 0.2) is 59.1 Å². The van der Waals surface area contributed by atoms with Crippen molar-refractivity contribution in [3.05, 3.63) is 70.2 Å². The quantitative estimate of drug-likeness (QED) is 0.394. The number of ether oxygens (including phenoxy) is 1. The molecule has 0 radical (unpaired) electrons. The number of anilines is 1. The van der Waals surface area contributed by atoms with E-state index in [0.29, 0.717) is 10.9 Å². The molecule has 3 aromatic carbocycles. The van der Waals surface area contributed by atoms with E-state index in [1.807, 2.05) is 68.4 Å². The Morgan fingerprint density at radius 3 is 2.57 bits per heavy atom. The summed E-state index contributed by atoms with van der Waals surface area (Å²) in [7, 11) is 0. The first kappa shape index (κ1) is 20.1. The second-order valence-electron chi connectivity index (χ2n) is 6.39. The molecule has 0 heterocycles. The van der Waals surface area contributed by atoms with Crippen LogP contribution in [-0.2, 0) is 4.79 Å². The maximum atomic E-state index is 12.0. The minimum Gasteiger partial charge on any atom is -0.484 e. The minimum atomic E-state index is -0.332. The molecule has 0 aromatic heterocycles. The van der Waals surface area contributed by atoms with E-state index in [-0.39, 0.29) is 12.5 Å². The average molecular weight is 458 g/mol. The first-order chi connectivity index (χ1) is 13.4. The highest BCUT2D eigenvalue weighted by molar-refractivity contribution is 9.10. The summed E-state index contributed by atoms with van der Waals surface area (Å²) in [5, 5.41) is 5.50. The van der Waals surface area contributed by atoms with Gasteiger partial charge in [0.25, 0.3) is 5.91 Å². The van der Waals surface area contributed by atoms with Crippen LogP contribution in [0.5, 0.6) is 5.75 Å². The highest BCUT2D eigenvalue weighted by Gasteiger charge is 2.06. The highest BCUT2D eigenvalue weighted by atomic mass is 79.9. The smallest absolute Gasteiger partial charge is 0.276 e. The van der Waals surface area contributed by atoms with Crippen molar-refractivity contribution < 1.29 is 9.53 Å². The Kier molecular flexibility index (Phi) is 6.49. The fourth-order valence-electron chi connectivity index (χ4n) is 2.62. The topological polar surface area (TPSA) is 62.4 Å². The van der Waals surface area contributed by atoms with E-state index in [4.69, 9.17) is 17.0 Å². The molecule has 144 valence electrons. The van der Waals surface area contributed by atoms with E-state index in [1.54, 1.807) is 0 Å². The molecule has 0 aliphatic heterocycles. The Morgan fingerprint density at radius 2 is 1.75 bits per heavy atom. The van der Waals surface area contributed by atoms with Crippen molar-refractivity contribution in [3.63, 3.8) is 0 Å². The summed E-state index contributed by atoms with van der Waals surface area (Å²) in [4.78, 5) is 12.0. The Morgan fingerprint density at radius 1 is 1.00 bits per heavy atom. The lowest BCUT2D eigenvalue weighted by atomic mass is 10.1. The maximum Gasteiger partial charge on any atom is 0.276 e. The first-order valence-electron chi connectivity index (χ1n) is 8.66. The monoisotopic (exact) mass is 457 g/mol. The zero-order chi connectivity index (χ0) is 20.1. The SMILES string of the molecule is Cc1ccc(C)c(NC(=S)NNC(=O)COc2ccc3cc(Br)ccc3c2)c1. The van der Waals surface area contributed by atoms with Gasteiger partial charge in [0.2, 0.25) is 0 Å². The molecule has 0 fully saturated rings. The van der Waals surface area contributed by atoms with E-state index in [1.165, 1.54) is 0 Å². The van der Waals surface area contributed by atoms with Gasteiger partial charge in [-0.15, -0.1) is 0 Å². The largest absolute Gasteiger partial charge is 0.484 e. The summed E-state index contributed by atoms with van der Waals surface area (Å²) in [6, 6.07) is 17.7. The fourth-order valence-corrected chi connectivity index (χ4v) is 3.16. The summed E-state index contributed by atoms with van der Waals surface area (Å²) >= 11 is 8.67. The number of thiocarbonyl (C=S) groups is 1. The van der Waals surface area contributed by atoms with Crippen molar-refractivity contribution in [2.24, 2.45) is 0 Å². The summed E-state index contributed by atoms with van der Waals surface area (Å²) in [6.07, 6.45) is 0. The molecule has 0 spiro atoms. The van der Waals surface area contributed by atoms with E-state index >= 15 is 0 Å². The number of carbonyl (C=O) groups is 1. The van der Waals surface area contributed by atoms with Crippen molar-refractivity contribution >= 4 is 55.6 Å². The number of hydrazine groups is 1. The van der Waals surface area contributed by atoms with Crippen molar-refractivity contribution in [2.45, 2.75) is 13.8 Å². The summed E-state index contributed by atoms with van der Waals surface area (Å²) in [6.45, 7) is 3.87. The molecule has 28 heavy (non-hydrogen) atoms. The molecule has 0 aliphatic rings. The number of nitrogens with one attached hydrogen (secondary N) is 3. The molecule has 5 nitrogen and oxygen atoms in total. The Hall–Kier alpha value is -2.64. The Bertz CT molecular complexity index is 1040. The van der Waals surface area contributed by atoms with E-state index in [2.05, 4.69) is 32.1 Å². The zero-order valence-corrected chi connectivity index (χ0v) is 17.9. The Balaban J connectivity index is 1.48. The minimum absolute atomic E-state index is 0.124. The second kappa shape index (κ2) is 9.03. The van der Waals surface area contributed by atoms with Gasteiger partial charge in [-0.05, 0) is 78.3 Å². The third-order valence-corrected chi connectivity index (χ3v) is 4.80. The van der Waals surface area contributed by atoms with Crippen LogP contribution >= 0.6 is 28.1 Å². The molecule has 3 N–H and O–H groups in total. The molecule has 0 atom stereocenters. The van der Waals surface area contributed by atoms with Gasteiger partial charge < -0.3 is 10.1 Å². The van der Waals surface area contributed by atoms with Crippen molar-refractivity contribution in [1.82, 2.24) is 10.9 Å². The first-order valence-corrected chi connectivity index (χ1v) is 9.86. The third kappa shape index (κ3) is 5.43. The number of hydrogen-bond acceptors (Lipinski definition) is 3. The molecule has 7 heteroatoms. The van der Waals surface area contributed by atoms with Gasteiger partial charge in [0, 0.05) is 10.2 Å². The van der Waals surface area contributed by atoms with Crippen molar-refractivity contribution in [2.75, 3.05) is 11.9 Å². The van der Waals surface area contributed by atoms with Crippen LogP contribution < -0.4 is 20.9 Å². The lowest BCUT2D eigenvalue weighted by Gasteiger charge is -2.14. The number of amides is 1. The molecule has 1 amide bonds. The lowest BCUT2D eigenvalue weighted by Crippen LogP contribution is -2.45. The lowest BCUT2D eigenvalue weighted by molar-refractivity contribution is -0.123. The van der Waals surface area contributed by atoms with Gasteiger partial charge in [-0.2, -0.15) is 0 Å². The number of benzene rings is 3. The van der Waals surface area contributed by atoms with Crippen LogP contribution in [0.4, 0.5) is 5.69 Å². The van der Waals surface area contributed by atoms with E-state index < -0.39 is 0 Å². The number of aryl methyl sites for hydroxylation is 2. The van der Waals surface area contributed by atoms with Crippen LogP contribution in [0.1, 0.15) is 11.1 Å². The molecular formula is C21H20BrN3O2S. The normalized spacial score (nSPS) is 10.4. The standard InChI is InChI=1S/C21H20BrN3O2S/c1-13-3-4-14(2)19(9-13)23-21(28)25-24-20(26)12-27-18-8-6-15-10-17(22)7-5-16(15)11-18/h3-11H,12H2,1-2H3,(H,24,26)(H2,23,25,28). The van der Waals surface area contributed by atoms with E-state index in [0.717, 1.165) is 32.1 Å². The van der Waals surface area contributed by atoms with Gasteiger partial charge in [0.05, 0.1) is 0 Å². The van der Waals surface area contributed by atoms with Crippen LogP contribution in [0.2, 0.25) is 0 Å². The van der Waals surface area contributed by atoms with Gasteiger partial charge in [-0.25, -0.2) is 0 Å². The van der Waals surface area contributed by atoms with Gasteiger partial charge >= 0.3 is 0 Å². The number of carbonyl (C=O) groups excluding carboxylic acids is 1. The number of fused-ring (bicyclic) bond motifs is 1. The molecule has 0 aliphatic carbocycles. The Labute approximate surface area is 177 Å². The molecule has 0 saturated heterocycles.